The number of nitrogens with two attached hydrogens (primary N) is 1. The number of fused-ring (bicyclic) bond motifs is 2. The van der Waals surface area contributed by atoms with E-state index in [4.69, 9.17) is 52.1 Å². The van der Waals surface area contributed by atoms with Crippen molar-refractivity contribution >= 4 is 85.9 Å². The quantitative estimate of drug-likeness (QED) is 0.124. The predicted molar refractivity (Wildman–Crippen MR) is 246 cm³/mol. The van der Waals surface area contributed by atoms with E-state index in [9.17, 15) is 15.0 Å². The largest absolute Gasteiger partial charge is 0.506 e. The summed E-state index contributed by atoms with van der Waals surface area (Å²) >= 11 is 23.8. The number of hydrogen-bond acceptors (Lipinski definition) is 9. The molecule has 8 aromatic rings. The Morgan fingerprint density at radius 3 is 1.76 bits per heavy atom. The normalized spacial score (nSPS) is 10.5. The lowest BCUT2D eigenvalue weighted by molar-refractivity contribution is 0.112. The molecule has 4 aromatic heterocycles. The fourth-order valence-corrected chi connectivity index (χ4v) is 6.29. The summed E-state index contributed by atoms with van der Waals surface area (Å²) in [6.07, 6.45) is 7.42. The maximum Gasteiger partial charge on any atom is 0.151 e. The fourth-order valence-electron chi connectivity index (χ4n) is 5.32. The molecule has 0 spiro atoms. The number of nitrogens with zero attached hydrogens (tertiary/aromatic N) is 4. The van der Waals surface area contributed by atoms with Crippen molar-refractivity contribution in [1.82, 2.24) is 19.9 Å². The number of aromatic hydroxyl groups is 2. The molecule has 9 nitrogen and oxygen atoms in total. The highest BCUT2D eigenvalue weighted by Crippen LogP contribution is 2.39. The molecule has 0 amide bonds. The second-order valence-corrected chi connectivity index (χ2v) is 14.1. The second-order valence-electron chi connectivity index (χ2n) is 12.4. The van der Waals surface area contributed by atoms with Gasteiger partial charge in [-0.1, -0.05) is 104 Å². The molecule has 0 aliphatic rings. The third-order valence-corrected chi connectivity index (χ3v) is 9.35. The van der Waals surface area contributed by atoms with Crippen molar-refractivity contribution < 1.29 is 15.0 Å². The summed E-state index contributed by atoms with van der Waals surface area (Å²) in [4.78, 5) is 26.9. The van der Waals surface area contributed by atoms with Crippen molar-refractivity contribution in [3.63, 3.8) is 0 Å². The average molecular weight is 871 g/mol. The summed E-state index contributed by atoms with van der Waals surface area (Å²) < 4.78 is 0. The van der Waals surface area contributed by atoms with Gasteiger partial charge in [0.25, 0.3) is 0 Å². The van der Waals surface area contributed by atoms with Crippen LogP contribution in [0.2, 0.25) is 20.1 Å². The van der Waals surface area contributed by atoms with Crippen LogP contribution in [0.25, 0.3) is 21.8 Å². The number of nitrogens with one attached hydrogen (secondary N) is 1. The van der Waals surface area contributed by atoms with Crippen molar-refractivity contribution in [2.45, 2.75) is 34.7 Å². The number of hydrogen-bond donors (Lipinski definition) is 4. The number of para-hydroxylation sites is 1. The number of benzene rings is 4. The maximum atomic E-state index is 11.0. The summed E-state index contributed by atoms with van der Waals surface area (Å²) in [7, 11) is 0. The smallest absolute Gasteiger partial charge is 0.151 e. The van der Waals surface area contributed by atoms with Gasteiger partial charge < -0.3 is 21.3 Å². The van der Waals surface area contributed by atoms with Crippen molar-refractivity contribution in [2.24, 2.45) is 0 Å². The third kappa shape index (κ3) is 13.3. The van der Waals surface area contributed by atoms with E-state index in [0.29, 0.717) is 48.5 Å². The van der Waals surface area contributed by atoms with Crippen LogP contribution in [0.1, 0.15) is 53.8 Å². The number of pyridine rings is 4. The summed E-state index contributed by atoms with van der Waals surface area (Å²) in [6.45, 7) is 3.86. The lowest BCUT2D eigenvalue weighted by Crippen LogP contribution is -2.13. The number of halogens is 4. The number of nitrogen functional groups attached to an aromatic ring is 1. The Labute approximate surface area is 364 Å². The molecule has 59 heavy (non-hydrogen) atoms. The summed E-state index contributed by atoms with van der Waals surface area (Å²) in [5.74, 6) is 0.352. The Hall–Kier alpha value is -5.97. The maximum absolute atomic E-state index is 11.0. The van der Waals surface area contributed by atoms with Crippen LogP contribution in [0.15, 0.2) is 140 Å². The molecule has 5 N–H and O–H groups in total. The van der Waals surface area contributed by atoms with E-state index >= 15 is 0 Å². The molecule has 8 rings (SSSR count). The zero-order chi connectivity index (χ0) is 40.9. The van der Waals surface area contributed by atoms with Gasteiger partial charge in [-0.3, -0.25) is 24.7 Å². The Kier molecular flexibility index (Phi) is 18.3. The average Bonchev–Trinajstić information content (AvgIpc) is 3.21. The van der Waals surface area contributed by atoms with Crippen LogP contribution in [-0.4, -0.2) is 36.4 Å². The standard InChI is InChI=1S/C22H17Cl2N3O.C9H7NO.C7H4Cl2O.C6H8N2.2CH4/c1-13-4-7-16(12-26-13)27-21(17-9-6-15(23)11-19(17)24)18-8-5-14-3-2-10-25-20(14)22(18)28;11-8-5-1-3-7-4-2-6-10-9(7)8;8-6-2-1-5(4-10)7(9)3-6;1-5-2-3-6(7)4-8-5;;/h2-12,21,27-28H,1H3;1-6,11H;1-4H;2-4H,7H2,1H3;2*1H4. The van der Waals surface area contributed by atoms with E-state index in [-0.39, 0.29) is 26.4 Å². The molecule has 304 valence electrons. The van der Waals surface area contributed by atoms with E-state index in [0.717, 1.165) is 39.1 Å². The number of carbonyl (C=O) groups excluding carboxylic acids is 1. The van der Waals surface area contributed by atoms with Gasteiger partial charge in [-0.05, 0) is 92.2 Å². The number of rotatable bonds is 5. The van der Waals surface area contributed by atoms with Gasteiger partial charge in [0.05, 0.1) is 34.8 Å². The number of phenolic OH excluding ortho intramolecular Hbond substituents is 2. The molecule has 0 radical (unpaired) electrons. The van der Waals surface area contributed by atoms with Gasteiger partial charge in [0.2, 0.25) is 0 Å². The van der Waals surface area contributed by atoms with E-state index in [1.54, 1.807) is 61.2 Å². The lowest BCUT2D eigenvalue weighted by atomic mass is 9.96. The highest BCUT2D eigenvalue weighted by Gasteiger charge is 2.22. The molecular formula is C46H44Cl4N6O3. The minimum absolute atomic E-state index is 0. The number of aryl methyl sites for hydroxylation is 2. The molecule has 0 aliphatic heterocycles. The number of aromatic nitrogens is 4. The number of carbonyl (C=O) groups is 1. The first-order chi connectivity index (χ1) is 27.4. The van der Waals surface area contributed by atoms with E-state index in [1.165, 1.54) is 6.07 Å². The first kappa shape index (κ1) is 47.4. The SMILES string of the molecule is C.C.Cc1ccc(N)cn1.Cc1ccc(NC(c2ccc(Cl)cc2Cl)c2ccc3cccnc3c2O)cn1.O=Cc1ccc(Cl)cc1Cl.Oc1cccc2cccnc12. The van der Waals surface area contributed by atoms with Crippen molar-refractivity contribution in [1.29, 1.82) is 0 Å². The van der Waals surface area contributed by atoms with Crippen molar-refractivity contribution in [3.8, 4) is 11.5 Å². The third-order valence-electron chi connectivity index (χ3n) is 8.22. The van der Waals surface area contributed by atoms with E-state index in [2.05, 4.69) is 25.3 Å². The van der Waals surface area contributed by atoms with Gasteiger partial charge >= 0.3 is 0 Å². The molecule has 13 heteroatoms. The summed E-state index contributed by atoms with van der Waals surface area (Å²) in [6, 6.07) is 33.9. The van der Waals surface area contributed by atoms with Crippen molar-refractivity contribution in [2.75, 3.05) is 11.1 Å². The van der Waals surface area contributed by atoms with Crippen LogP contribution in [-0.2, 0) is 0 Å². The fraction of sp³-hybridized carbons (Fsp3) is 0.109. The first-order valence-corrected chi connectivity index (χ1v) is 18.8. The van der Waals surface area contributed by atoms with Crippen LogP contribution < -0.4 is 11.1 Å². The van der Waals surface area contributed by atoms with Crippen LogP contribution in [0.3, 0.4) is 0 Å². The zero-order valence-corrected chi connectivity index (χ0v) is 33.6. The molecule has 0 saturated heterocycles. The Bertz CT molecular complexity index is 2570. The zero-order valence-electron chi connectivity index (χ0n) is 30.6. The van der Waals surface area contributed by atoms with Gasteiger partial charge in [0.15, 0.2) is 6.29 Å². The molecule has 0 saturated carbocycles. The molecule has 0 bridgehead atoms. The van der Waals surface area contributed by atoms with Gasteiger partial charge in [0.1, 0.15) is 22.5 Å². The molecule has 1 atom stereocenters. The van der Waals surface area contributed by atoms with E-state index < -0.39 is 6.04 Å². The minimum Gasteiger partial charge on any atom is -0.506 e. The monoisotopic (exact) mass is 868 g/mol. The molecule has 4 aromatic carbocycles. The molecule has 0 fully saturated rings. The Morgan fingerprint density at radius 1 is 0.627 bits per heavy atom. The van der Waals surface area contributed by atoms with Crippen LogP contribution in [0, 0.1) is 13.8 Å². The number of phenols is 2. The molecule has 1 unspecified atom stereocenters. The molecular weight excluding hydrogens is 826 g/mol. The topological polar surface area (TPSA) is 147 Å². The number of anilines is 2. The van der Waals surface area contributed by atoms with Gasteiger partial charge in [-0.15, -0.1) is 0 Å². The summed E-state index contributed by atoms with van der Waals surface area (Å²) in [5.41, 5.74) is 11.9. The van der Waals surface area contributed by atoms with Gasteiger partial charge in [0, 0.05) is 60.7 Å². The van der Waals surface area contributed by atoms with Crippen LogP contribution in [0.4, 0.5) is 11.4 Å². The Balaban J connectivity index is 0.000000246. The predicted octanol–water partition coefficient (Wildman–Crippen LogP) is 13.1. The minimum atomic E-state index is -0.416. The van der Waals surface area contributed by atoms with Gasteiger partial charge in [-0.2, -0.15) is 0 Å². The first-order valence-electron chi connectivity index (χ1n) is 17.2. The molecule has 4 heterocycles. The molecule has 0 aliphatic carbocycles. The lowest BCUT2D eigenvalue weighted by Gasteiger charge is -2.23. The Morgan fingerprint density at radius 2 is 1.20 bits per heavy atom. The van der Waals surface area contributed by atoms with Crippen LogP contribution >= 0.6 is 46.4 Å². The van der Waals surface area contributed by atoms with Crippen molar-refractivity contribution in [3.05, 3.63) is 188 Å². The number of aldehydes is 1. The highest BCUT2D eigenvalue weighted by molar-refractivity contribution is 6.36. The van der Waals surface area contributed by atoms with Crippen LogP contribution in [0.5, 0.6) is 11.5 Å². The van der Waals surface area contributed by atoms with E-state index in [1.807, 2.05) is 86.6 Å². The second kappa shape index (κ2) is 22.8. The highest BCUT2D eigenvalue weighted by atomic mass is 35.5. The summed E-state index contributed by atoms with van der Waals surface area (Å²) in [5, 5.41) is 27.5. The van der Waals surface area contributed by atoms with Gasteiger partial charge in [-0.25, -0.2) is 0 Å².